The van der Waals surface area contributed by atoms with Crippen LogP contribution in [0.15, 0.2) is 10.9 Å². The minimum absolute atomic E-state index is 0.194. The van der Waals surface area contributed by atoms with Crippen LogP contribution in [0.5, 0.6) is 0 Å². The molecule has 0 radical (unpaired) electrons. The highest BCUT2D eigenvalue weighted by Gasteiger charge is 2.21. The van der Waals surface area contributed by atoms with Gasteiger partial charge in [0.2, 0.25) is 5.95 Å². The molecule has 0 aromatic carbocycles. The zero-order valence-corrected chi connectivity index (χ0v) is 12.7. The van der Waals surface area contributed by atoms with Crippen LogP contribution in [-0.2, 0) is 11.2 Å². The van der Waals surface area contributed by atoms with Crippen molar-refractivity contribution in [1.82, 2.24) is 15.3 Å². The molecular weight excluding hydrogens is 272 g/mol. The van der Waals surface area contributed by atoms with Crippen LogP contribution in [0.1, 0.15) is 39.3 Å². The van der Waals surface area contributed by atoms with E-state index in [1.165, 1.54) is 6.07 Å². The molecule has 0 unspecified atom stereocenters. The van der Waals surface area contributed by atoms with E-state index < -0.39 is 11.7 Å². The summed E-state index contributed by atoms with van der Waals surface area (Å²) in [5.74, 6) is 0.497. The maximum atomic E-state index is 11.6. The van der Waals surface area contributed by atoms with Crippen LogP contribution in [0.3, 0.4) is 0 Å². The van der Waals surface area contributed by atoms with Crippen LogP contribution < -0.4 is 16.2 Å². The minimum atomic E-state index is -0.520. The van der Waals surface area contributed by atoms with Gasteiger partial charge in [-0.2, -0.15) is 0 Å². The first-order valence-electron chi connectivity index (χ1n) is 7.15. The van der Waals surface area contributed by atoms with E-state index >= 15 is 0 Å². The Labute approximate surface area is 123 Å². The summed E-state index contributed by atoms with van der Waals surface area (Å²) in [6.07, 6.45) is 2.22. The normalized spacial score (nSPS) is 14.6. The fourth-order valence-corrected chi connectivity index (χ4v) is 1.73. The molecule has 1 heterocycles. The molecule has 0 atom stereocenters. The van der Waals surface area contributed by atoms with Gasteiger partial charge >= 0.3 is 6.09 Å². The number of amides is 1. The number of hydrogen-bond donors (Lipinski definition) is 3. The predicted molar refractivity (Wildman–Crippen MR) is 79.4 cm³/mol. The number of anilines is 1. The summed E-state index contributed by atoms with van der Waals surface area (Å²) in [5.41, 5.74) is -0.0773. The second kappa shape index (κ2) is 6.15. The van der Waals surface area contributed by atoms with Gasteiger partial charge in [-0.1, -0.05) is 0 Å². The van der Waals surface area contributed by atoms with Gasteiger partial charge in [-0.25, -0.2) is 9.78 Å². The molecule has 0 bridgehead atoms. The lowest BCUT2D eigenvalue weighted by atomic mass is 10.2. The van der Waals surface area contributed by atoms with E-state index in [0.29, 0.717) is 30.6 Å². The maximum Gasteiger partial charge on any atom is 0.407 e. The number of carbonyl (C=O) groups excluding carboxylic acids is 1. The highest BCUT2D eigenvalue weighted by atomic mass is 16.6. The van der Waals surface area contributed by atoms with Crippen LogP contribution >= 0.6 is 0 Å². The van der Waals surface area contributed by atoms with Gasteiger partial charge in [0.1, 0.15) is 5.60 Å². The van der Waals surface area contributed by atoms with Gasteiger partial charge in [0.15, 0.2) is 0 Å². The van der Waals surface area contributed by atoms with Gasteiger partial charge in [-0.15, -0.1) is 0 Å². The lowest BCUT2D eigenvalue weighted by Crippen LogP contribution is -2.33. The monoisotopic (exact) mass is 294 g/mol. The van der Waals surface area contributed by atoms with Crippen molar-refractivity contribution in [2.45, 2.75) is 51.7 Å². The summed E-state index contributed by atoms with van der Waals surface area (Å²) in [6.45, 7) is 5.79. The van der Waals surface area contributed by atoms with E-state index in [1.54, 1.807) is 20.8 Å². The number of rotatable bonds is 5. The van der Waals surface area contributed by atoms with Gasteiger partial charge in [0, 0.05) is 25.1 Å². The smallest absolute Gasteiger partial charge is 0.407 e. The van der Waals surface area contributed by atoms with Crippen LogP contribution in [0.2, 0.25) is 0 Å². The summed E-state index contributed by atoms with van der Waals surface area (Å²) in [4.78, 5) is 30.0. The summed E-state index contributed by atoms with van der Waals surface area (Å²) in [5, 5.41) is 5.79. The molecule has 1 aromatic heterocycles. The van der Waals surface area contributed by atoms with Crippen LogP contribution in [-0.4, -0.2) is 34.2 Å². The SMILES string of the molecule is CC(C)(C)OC(=O)NCCc1cc(=O)[nH]c(NC2CC2)n1. The zero-order valence-electron chi connectivity index (χ0n) is 12.7. The molecule has 0 spiro atoms. The standard InChI is InChI=1S/C14H22N4O3/c1-14(2,3)21-13(20)15-7-6-10-8-11(19)18-12(17-10)16-9-4-5-9/h8-9H,4-7H2,1-3H3,(H,15,20)(H2,16,17,18,19). The summed E-state index contributed by atoms with van der Waals surface area (Å²) in [6, 6.07) is 1.86. The molecule has 21 heavy (non-hydrogen) atoms. The molecule has 1 aliphatic carbocycles. The Morgan fingerprint density at radius 1 is 1.48 bits per heavy atom. The average molecular weight is 294 g/mol. The van der Waals surface area contributed by atoms with Gasteiger partial charge in [0.05, 0.1) is 5.69 Å². The second-order valence-electron chi connectivity index (χ2n) is 6.18. The second-order valence-corrected chi connectivity index (χ2v) is 6.18. The molecule has 1 fully saturated rings. The van der Waals surface area contributed by atoms with E-state index in [-0.39, 0.29) is 5.56 Å². The third kappa shape index (κ3) is 5.85. The molecule has 0 aliphatic heterocycles. The number of hydrogen-bond acceptors (Lipinski definition) is 5. The molecular formula is C14H22N4O3. The third-order valence-corrected chi connectivity index (χ3v) is 2.76. The Hall–Kier alpha value is -2.05. The van der Waals surface area contributed by atoms with Gasteiger partial charge in [-0.3, -0.25) is 9.78 Å². The number of nitrogens with zero attached hydrogens (tertiary/aromatic N) is 1. The predicted octanol–water partition coefficient (Wildman–Crippen LogP) is 1.41. The fraction of sp³-hybridized carbons (Fsp3) is 0.643. The number of carbonyl (C=O) groups is 1. The quantitative estimate of drug-likeness (QED) is 0.763. The number of alkyl carbamates (subject to hydrolysis) is 1. The summed E-state index contributed by atoms with van der Waals surface area (Å²) in [7, 11) is 0. The number of aromatic nitrogens is 2. The number of H-pyrrole nitrogens is 1. The largest absolute Gasteiger partial charge is 0.444 e. The molecule has 2 rings (SSSR count). The van der Waals surface area contributed by atoms with Gasteiger partial charge < -0.3 is 15.4 Å². The highest BCUT2D eigenvalue weighted by Crippen LogP contribution is 2.22. The van der Waals surface area contributed by atoms with Crippen molar-refractivity contribution in [1.29, 1.82) is 0 Å². The van der Waals surface area contributed by atoms with Crippen LogP contribution in [0, 0.1) is 0 Å². The molecule has 1 saturated carbocycles. The van der Waals surface area contributed by atoms with Crippen molar-refractivity contribution in [3.05, 3.63) is 22.1 Å². The lowest BCUT2D eigenvalue weighted by Gasteiger charge is -2.19. The molecule has 3 N–H and O–H groups in total. The van der Waals surface area contributed by atoms with E-state index in [2.05, 4.69) is 20.6 Å². The summed E-state index contributed by atoms with van der Waals surface area (Å²) >= 11 is 0. The Morgan fingerprint density at radius 3 is 2.81 bits per heavy atom. The van der Waals surface area contributed by atoms with Crippen LogP contribution in [0.25, 0.3) is 0 Å². The topological polar surface area (TPSA) is 96.1 Å². The molecule has 7 heteroatoms. The first-order chi connectivity index (χ1) is 9.82. The first-order valence-corrected chi connectivity index (χ1v) is 7.15. The Kier molecular flexibility index (Phi) is 4.50. The average Bonchev–Trinajstić information content (AvgIpc) is 3.09. The summed E-state index contributed by atoms with van der Waals surface area (Å²) < 4.78 is 5.13. The van der Waals surface area contributed by atoms with E-state index in [9.17, 15) is 9.59 Å². The lowest BCUT2D eigenvalue weighted by molar-refractivity contribution is 0.0528. The molecule has 1 amide bonds. The van der Waals surface area contributed by atoms with Gasteiger partial charge in [-0.05, 0) is 33.6 Å². The van der Waals surface area contributed by atoms with E-state index in [0.717, 1.165) is 12.8 Å². The maximum absolute atomic E-state index is 11.6. The third-order valence-electron chi connectivity index (χ3n) is 2.76. The van der Waals surface area contributed by atoms with Crippen molar-refractivity contribution in [3.8, 4) is 0 Å². The number of nitrogens with one attached hydrogen (secondary N) is 3. The number of ether oxygens (including phenoxy) is 1. The molecule has 1 aliphatic rings. The number of aromatic amines is 1. The zero-order chi connectivity index (χ0) is 15.5. The van der Waals surface area contributed by atoms with Crippen molar-refractivity contribution in [3.63, 3.8) is 0 Å². The molecule has 7 nitrogen and oxygen atoms in total. The van der Waals surface area contributed by atoms with Crippen LogP contribution in [0.4, 0.5) is 10.7 Å². The van der Waals surface area contributed by atoms with Crippen molar-refractivity contribution in [2.24, 2.45) is 0 Å². The fourth-order valence-electron chi connectivity index (χ4n) is 1.73. The minimum Gasteiger partial charge on any atom is -0.444 e. The Morgan fingerprint density at radius 2 is 2.19 bits per heavy atom. The molecule has 1 aromatic rings. The highest BCUT2D eigenvalue weighted by molar-refractivity contribution is 5.67. The molecule has 0 saturated heterocycles. The first kappa shape index (κ1) is 15.3. The van der Waals surface area contributed by atoms with Crippen molar-refractivity contribution >= 4 is 12.0 Å². The van der Waals surface area contributed by atoms with E-state index in [1.807, 2.05) is 0 Å². The Bertz CT molecular complexity index is 558. The Balaban J connectivity index is 1.83. The van der Waals surface area contributed by atoms with Crippen molar-refractivity contribution < 1.29 is 9.53 Å². The van der Waals surface area contributed by atoms with Gasteiger partial charge in [0.25, 0.3) is 5.56 Å². The molecule has 116 valence electrons. The van der Waals surface area contributed by atoms with E-state index in [4.69, 9.17) is 4.74 Å². The van der Waals surface area contributed by atoms with Crippen molar-refractivity contribution in [2.75, 3.05) is 11.9 Å².